The van der Waals surface area contributed by atoms with E-state index in [9.17, 15) is 0 Å². The van der Waals surface area contributed by atoms with Crippen molar-refractivity contribution in [2.24, 2.45) is 5.41 Å². The minimum atomic E-state index is 0.481. The Hall–Kier alpha value is 0.0700. The van der Waals surface area contributed by atoms with Gasteiger partial charge in [0.25, 0.3) is 0 Å². The first-order chi connectivity index (χ1) is 6.58. The van der Waals surface area contributed by atoms with Gasteiger partial charge >= 0.3 is 0 Å². The summed E-state index contributed by atoms with van der Waals surface area (Å²) in [5.41, 5.74) is 0.481. The molecule has 1 aromatic heterocycles. The fourth-order valence-corrected chi connectivity index (χ4v) is 3.08. The van der Waals surface area contributed by atoms with E-state index in [1.807, 2.05) is 6.20 Å². The second-order valence-corrected chi connectivity index (χ2v) is 7.01. The molecule has 1 aromatic rings. The summed E-state index contributed by atoms with van der Waals surface area (Å²) in [5, 5.41) is 4.73. The van der Waals surface area contributed by atoms with Gasteiger partial charge in [-0.05, 0) is 34.2 Å². The highest BCUT2D eigenvalue weighted by Gasteiger charge is 2.37. The van der Waals surface area contributed by atoms with E-state index in [0.717, 1.165) is 10.3 Å². The zero-order valence-corrected chi connectivity index (χ0v) is 10.9. The van der Waals surface area contributed by atoms with Gasteiger partial charge in [-0.3, -0.25) is 0 Å². The van der Waals surface area contributed by atoms with Crippen LogP contribution in [0.25, 0.3) is 0 Å². The summed E-state index contributed by atoms with van der Waals surface area (Å²) in [5.74, 6) is 0. The van der Waals surface area contributed by atoms with Crippen molar-refractivity contribution in [1.29, 1.82) is 0 Å². The fraction of sp³-hybridized carbons (Fsp3) is 0.700. The van der Waals surface area contributed by atoms with Gasteiger partial charge in [0.05, 0.1) is 9.98 Å². The summed E-state index contributed by atoms with van der Waals surface area (Å²) in [6.07, 6.45) is 4.51. The molecule has 1 atom stereocenters. The standard InChI is InChI=1S/C10H15BrN2S/c1-10(2)4-3-7(10)12-6-9-13-5-8(11)14-9/h5,7,12H,3-4,6H2,1-2H3. The molecule has 1 fully saturated rings. The zero-order chi connectivity index (χ0) is 10.2. The molecule has 0 aliphatic heterocycles. The molecule has 4 heteroatoms. The molecule has 0 aromatic carbocycles. The molecule has 1 heterocycles. The minimum absolute atomic E-state index is 0.481. The third-order valence-corrected chi connectivity index (χ3v) is 4.52. The van der Waals surface area contributed by atoms with E-state index in [4.69, 9.17) is 0 Å². The first kappa shape index (κ1) is 10.6. The summed E-state index contributed by atoms with van der Waals surface area (Å²) in [6.45, 7) is 5.56. The molecule has 2 rings (SSSR count). The lowest BCUT2D eigenvalue weighted by molar-refractivity contribution is 0.108. The Morgan fingerprint density at radius 3 is 2.93 bits per heavy atom. The van der Waals surface area contributed by atoms with Crippen molar-refractivity contribution in [3.05, 3.63) is 15.0 Å². The summed E-state index contributed by atoms with van der Waals surface area (Å²) < 4.78 is 1.11. The number of halogens is 1. The molecule has 0 saturated heterocycles. The van der Waals surface area contributed by atoms with Crippen LogP contribution in [0.3, 0.4) is 0 Å². The van der Waals surface area contributed by atoms with Gasteiger partial charge in [0, 0.05) is 12.6 Å². The molecule has 0 spiro atoms. The zero-order valence-electron chi connectivity index (χ0n) is 8.51. The number of thiazole rings is 1. The molecular formula is C10H15BrN2S. The lowest BCUT2D eigenvalue weighted by Gasteiger charge is -2.45. The van der Waals surface area contributed by atoms with E-state index in [2.05, 4.69) is 40.1 Å². The van der Waals surface area contributed by atoms with E-state index in [-0.39, 0.29) is 0 Å². The molecule has 2 nitrogen and oxygen atoms in total. The van der Waals surface area contributed by atoms with Crippen LogP contribution >= 0.6 is 27.3 Å². The van der Waals surface area contributed by atoms with Crippen molar-refractivity contribution in [2.75, 3.05) is 0 Å². The van der Waals surface area contributed by atoms with Gasteiger partial charge in [-0.15, -0.1) is 11.3 Å². The van der Waals surface area contributed by atoms with Crippen LogP contribution in [-0.4, -0.2) is 11.0 Å². The Bertz CT molecular complexity index is 322. The normalized spacial score (nSPS) is 24.6. The summed E-state index contributed by atoms with van der Waals surface area (Å²) in [4.78, 5) is 4.30. The van der Waals surface area contributed by atoms with E-state index >= 15 is 0 Å². The second-order valence-electron chi connectivity index (χ2n) is 4.52. The highest BCUT2D eigenvalue weighted by Crippen LogP contribution is 2.40. The summed E-state index contributed by atoms with van der Waals surface area (Å²) in [6, 6.07) is 0.671. The smallest absolute Gasteiger partial charge is 0.107 e. The molecule has 0 bridgehead atoms. The number of nitrogens with zero attached hydrogens (tertiary/aromatic N) is 1. The largest absolute Gasteiger partial charge is 0.307 e. The van der Waals surface area contributed by atoms with Crippen molar-refractivity contribution in [3.8, 4) is 0 Å². The predicted octanol–water partition coefficient (Wildman–Crippen LogP) is 3.18. The molecule has 78 valence electrons. The molecule has 0 amide bonds. The van der Waals surface area contributed by atoms with Crippen LogP contribution < -0.4 is 5.32 Å². The second kappa shape index (κ2) is 3.91. The van der Waals surface area contributed by atoms with Gasteiger partial charge in [-0.25, -0.2) is 4.98 Å². The lowest BCUT2D eigenvalue weighted by Crippen LogP contribution is -2.49. The van der Waals surface area contributed by atoms with Gasteiger partial charge in [0.15, 0.2) is 0 Å². The van der Waals surface area contributed by atoms with Crippen LogP contribution in [0.15, 0.2) is 9.98 Å². The SMILES string of the molecule is CC1(C)CCC1NCc1ncc(Br)s1. The Morgan fingerprint density at radius 2 is 2.50 bits per heavy atom. The van der Waals surface area contributed by atoms with Gasteiger partial charge in [0.1, 0.15) is 5.01 Å². The Morgan fingerprint density at radius 1 is 1.71 bits per heavy atom. The molecular weight excluding hydrogens is 260 g/mol. The van der Waals surface area contributed by atoms with Crippen LogP contribution in [0.1, 0.15) is 31.7 Å². The average Bonchev–Trinajstić information content (AvgIpc) is 2.50. The van der Waals surface area contributed by atoms with Gasteiger partial charge in [0.2, 0.25) is 0 Å². The molecule has 1 aliphatic carbocycles. The average molecular weight is 275 g/mol. The highest BCUT2D eigenvalue weighted by molar-refractivity contribution is 9.11. The Balaban J connectivity index is 1.83. The maximum absolute atomic E-state index is 4.30. The van der Waals surface area contributed by atoms with E-state index in [0.29, 0.717) is 11.5 Å². The third-order valence-electron chi connectivity index (χ3n) is 3.05. The number of rotatable bonds is 3. The topological polar surface area (TPSA) is 24.9 Å². The molecule has 14 heavy (non-hydrogen) atoms. The maximum Gasteiger partial charge on any atom is 0.107 e. The van der Waals surface area contributed by atoms with Crippen LogP contribution in [0, 0.1) is 5.41 Å². The van der Waals surface area contributed by atoms with Crippen LogP contribution in [0.2, 0.25) is 0 Å². The van der Waals surface area contributed by atoms with Crippen LogP contribution in [0.4, 0.5) is 0 Å². The summed E-state index contributed by atoms with van der Waals surface area (Å²) in [7, 11) is 0. The predicted molar refractivity (Wildman–Crippen MR) is 63.5 cm³/mol. The Kier molecular flexibility index (Phi) is 2.96. The number of nitrogens with one attached hydrogen (secondary N) is 1. The molecule has 0 radical (unpaired) electrons. The first-order valence-corrected chi connectivity index (χ1v) is 6.52. The number of hydrogen-bond acceptors (Lipinski definition) is 3. The molecule has 1 N–H and O–H groups in total. The Labute approximate surface area is 97.3 Å². The van der Waals surface area contributed by atoms with E-state index in [1.54, 1.807) is 11.3 Å². The quantitative estimate of drug-likeness (QED) is 0.916. The van der Waals surface area contributed by atoms with Crippen molar-refractivity contribution in [1.82, 2.24) is 10.3 Å². The number of hydrogen-bond donors (Lipinski definition) is 1. The van der Waals surface area contributed by atoms with Gasteiger partial charge < -0.3 is 5.32 Å². The maximum atomic E-state index is 4.30. The van der Waals surface area contributed by atoms with Gasteiger partial charge in [-0.2, -0.15) is 0 Å². The van der Waals surface area contributed by atoms with Crippen LogP contribution in [-0.2, 0) is 6.54 Å². The summed E-state index contributed by atoms with van der Waals surface area (Å²) >= 11 is 5.13. The number of aromatic nitrogens is 1. The van der Waals surface area contributed by atoms with Gasteiger partial charge in [-0.1, -0.05) is 13.8 Å². The third kappa shape index (κ3) is 2.18. The minimum Gasteiger partial charge on any atom is -0.307 e. The van der Waals surface area contributed by atoms with Crippen molar-refractivity contribution in [3.63, 3.8) is 0 Å². The van der Waals surface area contributed by atoms with Crippen molar-refractivity contribution >= 4 is 27.3 Å². The molecule has 1 saturated carbocycles. The lowest BCUT2D eigenvalue weighted by atomic mass is 9.67. The molecule has 1 aliphatic rings. The first-order valence-electron chi connectivity index (χ1n) is 4.91. The van der Waals surface area contributed by atoms with Crippen LogP contribution in [0.5, 0.6) is 0 Å². The molecule has 1 unspecified atom stereocenters. The van der Waals surface area contributed by atoms with Crippen molar-refractivity contribution < 1.29 is 0 Å². The fourth-order valence-electron chi connectivity index (χ4n) is 1.82. The van der Waals surface area contributed by atoms with E-state index in [1.165, 1.54) is 17.8 Å². The van der Waals surface area contributed by atoms with Crippen molar-refractivity contribution in [2.45, 2.75) is 39.3 Å². The monoisotopic (exact) mass is 274 g/mol. The van der Waals surface area contributed by atoms with E-state index < -0.39 is 0 Å². The highest BCUT2D eigenvalue weighted by atomic mass is 79.9.